The average molecular weight is 466 g/mol. The molecule has 0 saturated carbocycles. The number of anilines is 1. The maximum absolute atomic E-state index is 13.3. The Morgan fingerprint density at radius 3 is 2.36 bits per heavy atom. The van der Waals surface area contributed by atoms with E-state index in [1.54, 1.807) is 6.92 Å². The molecule has 0 unspecified atom stereocenters. The second-order valence-corrected chi connectivity index (χ2v) is 8.49. The molecule has 0 atom stereocenters. The van der Waals surface area contributed by atoms with Gasteiger partial charge < -0.3 is 19.1 Å². The van der Waals surface area contributed by atoms with Crippen LogP contribution in [0.5, 0.6) is 0 Å². The summed E-state index contributed by atoms with van der Waals surface area (Å²) in [5.41, 5.74) is 4.09. The van der Waals surface area contributed by atoms with Crippen LogP contribution in [0.2, 0.25) is 5.02 Å². The lowest BCUT2D eigenvalue weighted by Crippen LogP contribution is -2.49. The van der Waals surface area contributed by atoms with E-state index in [0.29, 0.717) is 30.3 Å². The Labute approximate surface area is 199 Å². The number of amides is 1. The minimum Gasteiger partial charge on any atom is -0.462 e. The van der Waals surface area contributed by atoms with Crippen molar-refractivity contribution in [3.63, 3.8) is 0 Å². The summed E-state index contributed by atoms with van der Waals surface area (Å²) in [4.78, 5) is 29.9. The molecule has 33 heavy (non-hydrogen) atoms. The third kappa shape index (κ3) is 5.06. The van der Waals surface area contributed by atoms with Gasteiger partial charge in [-0.2, -0.15) is 0 Å². The minimum atomic E-state index is -0.367. The number of piperazine rings is 1. The monoisotopic (exact) mass is 465 g/mol. The highest BCUT2D eigenvalue weighted by molar-refractivity contribution is 6.30. The summed E-state index contributed by atoms with van der Waals surface area (Å²) >= 11 is 6.13. The Hall–Kier alpha value is -3.25. The first-order valence-electron chi connectivity index (χ1n) is 11.2. The summed E-state index contributed by atoms with van der Waals surface area (Å²) in [5.74, 6) is -0.333. The van der Waals surface area contributed by atoms with E-state index in [4.69, 9.17) is 16.3 Å². The number of rotatable bonds is 6. The third-order valence-electron chi connectivity index (χ3n) is 6.03. The molecule has 0 radical (unpaired) electrons. The molecule has 1 fully saturated rings. The molecule has 6 nitrogen and oxygen atoms in total. The van der Waals surface area contributed by atoms with E-state index in [1.807, 2.05) is 77.1 Å². The van der Waals surface area contributed by atoms with Crippen LogP contribution in [-0.4, -0.2) is 54.1 Å². The summed E-state index contributed by atoms with van der Waals surface area (Å²) in [6.07, 6.45) is 0. The zero-order valence-corrected chi connectivity index (χ0v) is 19.7. The lowest BCUT2D eigenvalue weighted by Gasteiger charge is -2.36. The van der Waals surface area contributed by atoms with E-state index in [2.05, 4.69) is 4.90 Å². The maximum atomic E-state index is 13.3. The smallest absolute Gasteiger partial charge is 0.339 e. The molecule has 1 amide bonds. The molecule has 0 bridgehead atoms. The van der Waals surface area contributed by atoms with Gasteiger partial charge in [0.15, 0.2) is 0 Å². The quantitative estimate of drug-likeness (QED) is 0.497. The van der Waals surface area contributed by atoms with Crippen LogP contribution < -0.4 is 4.90 Å². The standard InChI is InChI=1S/C26H28ClN3O3/c1-3-33-26(32)23-17-24(20-8-5-4-6-9-20)30(19(23)2)18-25(31)29-14-12-28(13-15-29)22-11-7-10-21(27)16-22/h4-11,16-17H,3,12-15,18H2,1-2H3. The average Bonchev–Trinajstić information content (AvgIpc) is 3.16. The number of aromatic nitrogens is 1. The van der Waals surface area contributed by atoms with Crippen molar-refractivity contribution in [1.29, 1.82) is 0 Å². The molecule has 4 rings (SSSR count). The summed E-state index contributed by atoms with van der Waals surface area (Å²) in [5, 5.41) is 0.708. The van der Waals surface area contributed by atoms with Gasteiger partial charge in [-0.05, 0) is 43.7 Å². The predicted octanol–water partition coefficient (Wildman–Crippen LogP) is 4.64. The van der Waals surface area contributed by atoms with E-state index in [0.717, 1.165) is 35.7 Å². The Kier molecular flexibility index (Phi) is 7.04. The lowest BCUT2D eigenvalue weighted by molar-refractivity contribution is -0.132. The van der Waals surface area contributed by atoms with Gasteiger partial charge in [-0.1, -0.05) is 48.0 Å². The van der Waals surface area contributed by atoms with E-state index < -0.39 is 0 Å². The lowest BCUT2D eigenvalue weighted by atomic mass is 10.1. The number of ether oxygens (including phenoxy) is 1. The van der Waals surface area contributed by atoms with E-state index in [1.165, 1.54) is 0 Å². The van der Waals surface area contributed by atoms with Crippen molar-refractivity contribution in [2.45, 2.75) is 20.4 Å². The molecule has 0 spiro atoms. The second-order valence-electron chi connectivity index (χ2n) is 8.05. The van der Waals surface area contributed by atoms with Crippen LogP contribution in [-0.2, 0) is 16.1 Å². The largest absolute Gasteiger partial charge is 0.462 e. The molecule has 1 aromatic heterocycles. The molecule has 3 aromatic rings. The van der Waals surface area contributed by atoms with Crippen molar-refractivity contribution in [3.8, 4) is 11.3 Å². The van der Waals surface area contributed by atoms with Crippen LogP contribution in [0, 0.1) is 6.92 Å². The maximum Gasteiger partial charge on any atom is 0.339 e. The summed E-state index contributed by atoms with van der Waals surface area (Å²) in [6.45, 7) is 6.89. The van der Waals surface area contributed by atoms with Gasteiger partial charge in [-0.25, -0.2) is 4.79 Å². The van der Waals surface area contributed by atoms with Crippen LogP contribution in [0.4, 0.5) is 5.69 Å². The van der Waals surface area contributed by atoms with Crippen LogP contribution in [0.3, 0.4) is 0 Å². The van der Waals surface area contributed by atoms with Gasteiger partial charge >= 0.3 is 5.97 Å². The number of benzene rings is 2. The van der Waals surface area contributed by atoms with Crippen LogP contribution in [0.1, 0.15) is 23.0 Å². The Balaban J connectivity index is 1.52. The number of hydrogen-bond donors (Lipinski definition) is 0. The fourth-order valence-corrected chi connectivity index (χ4v) is 4.42. The van der Waals surface area contributed by atoms with Crippen LogP contribution in [0.15, 0.2) is 60.7 Å². The zero-order chi connectivity index (χ0) is 23.4. The molecule has 7 heteroatoms. The molecule has 2 heterocycles. The molecular formula is C26H28ClN3O3. The first-order chi connectivity index (χ1) is 16.0. The number of esters is 1. The highest BCUT2D eigenvalue weighted by Gasteiger charge is 2.25. The van der Waals surface area contributed by atoms with Gasteiger partial charge in [-0.3, -0.25) is 4.79 Å². The normalized spacial score (nSPS) is 13.8. The first-order valence-corrected chi connectivity index (χ1v) is 11.6. The number of carbonyl (C=O) groups is 2. The van der Waals surface area contributed by atoms with Gasteiger partial charge in [-0.15, -0.1) is 0 Å². The number of halogens is 1. The zero-order valence-electron chi connectivity index (χ0n) is 19.0. The second kappa shape index (κ2) is 10.1. The number of carbonyl (C=O) groups excluding carboxylic acids is 2. The van der Waals surface area contributed by atoms with Crippen molar-refractivity contribution in [1.82, 2.24) is 9.47 Å². The van der Waals surface area contributed by atoms with Crippen LogP contribution in [0.25, 0.3) is 11.3 Å². The first kappa shape index (κ1) is 22.9. The molecule has 1 aliphatic rings. The molecule has 172 valence electrons. The fourth-order valence-electron chi connectivity index (χ4n) is 4.23. The SMILES string of the molecule is CCOC(=O)c1cc(-c2ccccc2)n(CC(=O)N2CCN(c3cccc(Cl)c3)CC2)c1C. The van der Waals surface area contributed by atoms with Crippen molar-refractivity contribution in [2.75, 3.05) is 37.7 Å². The predicted molar refractivity (Wildman–Crippen MR) is 131 cm³/mol. The highest BCUT2D eigenvalue weighted by Crippen LogP contribution is 2.27. The Bertz CT molecular complexity index is 1130. The van der Waals surface area contributed by atoms with Gasteiger partial charge in [0.2, 0.25) is 5.91 Å². The Morgan fingerprint density at radius 2 is 1.70 bits per heavy atom. The molecular weight excluding hydrogens is 438 g/mol. The molecule has 0 N–H and O–H groups in total. The molecule has 1 aliphatic heterocycles. The number of nitrogens with zero attached hydrogens (tertiary/aromatic N) is 3. The highest BCUT2D eigenvalue weighted by atomic mass is 35.5. The topological polar surface area (TPSA) is 54.8 Å². The van der Waals surface area contributed by atoms with Crippen molar-refractivity contribution < 1.29 is 14.3 Å². The Morgan fingerprint density at radius 1 is 0.970 bits per heavy atom. The molecule has 1 saturated heterocycles. The summed E-state index contributed by atoms with van der Waals surface area (Å²) in [7, 11) is 0. The molecule has 0 aliphatic carbocycles. The van der Waals surface area contributed by atoms with Crippen molar-refractivity contribution in [2.24, 2.45) is 0 Å². The minimum absolute atomic E-state index is 0.0343. The fraction of sp³-hybridized carbons (Fsp3) is 0.308. The van der Waals surface area contributed by atoms with E-state index in [-0.39, 0.29) is 18.4 Å². The van der Waals surface area contributed by atoms with Gasteiger partial charge in [0.05, 0.1) is 12.2 Å². The third-order valence-corrected chi connectivity index (χ3v) is 6.27. The van der Waals surface area contributed by atoms with Crippen LogP contribution >= 0.6 is 11.6 Å². The van der Waals surface area contributed by atoms with E-state index >= 15 is 0 Å². The van der Waals surface area contributed by atoms with Gasteiger partial charge in [0.1, 0.15) is 6.54 Å². The van der Waals surface area contributed by atoms with Gasteiger partial charge in [0.25, 0.3) is 0 Å². The summed E-state index contributed by atoms with van der Waals surface area (Å²) < 4.78 is 7.16. The van der Waals surface area contributed by atoms with Crippen molar-refractivity contribution in [3.05, 3.63) is 76.9 Å². The number of hydrogen-bond acceptors (Lipinski definition) is 4. The summed E-state index contributed by atoms with van der Waals surface area (Å²) in [6, 6.07) is 19.4. The molecule has 2 aromatic carbocycles. The van der Waals surface area contributed by atoms with Gasteiger partial charge in [0, 0.05) is 48.3 Å². The van der Waals surface area contributed by atoms with Crippen molar-refractivity contribution >= 4 is 29.2 Å². The van der Waals surface area contributed by atoms with E-state index in [9.17, 15) is 9.59 Å².